The number of nitrogens with zero attached hydrogens (tertiary/aromatic N) is 4. The number of rotatable bonds is 1. The van der Waals surface area contributed by atoms with Crippen LogP contribution in [0.15, 0.2) is 5.11 Å². The van der Waals surface area contributed by atoms with Crippen molar-refractivity contribution in [2.24, 2.45) is 5.11 Å². The highest BCUT2D eigenvalue weighted by atomic mass is 16.5. The molecule has 0 saturated carbocycles. The number of likely N-dealkylation sites (N-methyl/N-ethyl adjacent to an activating group) is 1. The van der Waals surface area contributed by atoms with Crippen LogP contribution >= 0.6 is 0 Å². The molecule has 0 N–H and O–H groups in total. The Balaban J connectivity index is 2.24. The zero-order valence-corrected chi connectivity index (χ0v) is 6.54. The standard InChI is InChI=1S/C6H8N4O2/c1-10-3-2-12-5(3)4(6(10)11)8-9-7/h3-5H,2H2,1H3/t3-,4?,5?/m0/s1. The molecule has 1 amide bonds. The van der Waals surface area contributed by atoms with Gasteiger partial charge in [0, 0.05) is 12.0 Å². The SMILES string of the molecule is CN1C(=O)C(N=[N+]=[N-])C2OC[C@@H]21. The third-order valence-electron chi connectivity index (χ3n) is 2.42. The summed E-state index contributed by atoms with van der Waals surface area (Å²) in [5.74, 6) is -0.139. The topological polar surface area (TPSA) is 78.3 Å². The Morgan fingerprint density at radius 1 is 1.83 bits per heavy atom. The Labute approximate surface area is 68.7 Å². The number of likely N-dealkylation sites (tertiary alicyclic amines) is 1. The number of hydrogen-bond acceptors (Lipinski definition) is 3. The number of amides is 1. The molecule has 2 rings (SSSR count). The number of fused-ring (bicyclic) bond motifs is 1. The summed E-state index contributed by atoms with van der Waals surface area (Å²) < 4.78 is 5.13. The van der Waals surface area contributed by atoms with Gasteiger partial charge in [0.2, 0.25) is 5.91 Å². The summed E-state index contributed by atoms with van der Waals surface area (Å²) in [4.78, 5) is 15.5. The molecule has 0 aromatic carbocycles. The number of carbonyl (C=O) groups excluding carboxylic acids is 1. The molecule has 6 heteroatoms. The minimum atomic E-state index is -0.640. The van der Waals surface area contributed by atoms with Crippen molar-refractivity contribution in [2.45, 2.75) is 18.2 Å². The fourth-order valence-electron chi connectivity index (χ4n) is 1.61. The van der Waals surface area contributed by atoms with E-state index in [4.69, 9.17) is 10.3 Å². The van der Waals surface area contributed by atoms with E-state index in [9.17, 15) is 4.79 Å². The summed E-state index contributed by atoms with van der Waals surface area (Å²) in [6.45, 7) is 0.560. The number of carbonyl (C=O) groups is 1. The molecule has 6 nitrogen and oxygen atoms in total. The van der Waals surface area contributed by atoms with Crippen LogP contribution in [0.3, 0.4) is 0 Å². The number of hydrogen-bond donors (Lipinski definition) is 0. The largest absolute Gasteiger partial charge is 0.373 e. The summed E-state index contributed by atoms with van der Waals surface area (Å²) in [6.07, 6.45) is -0.210. The van der Waals surface area contributed by atoms with Gasteiger partial charge in [-0.1, -0.05) is 5.11 Å². The smallest absolute Gasteiger partial charge is 0.234 e. The lowest BCUT2D eigenvalue weighted by Gasteiger charge is -2.34. The van der Waals surface area contributed by atoms with E-state index >= 15 is 0 Å². The van der Waals surface area contributed by atoms with Crippen molar-refractivity contribution in [2.75, 3.05) is 13.7 Å². The molecular formula is C6H8N4O2. The van der Waals surface area contributed by atoms with Crippen LogP contribution in [-0.4, -0.2) is 42.6 Å². The first-order chi connectivity index (χ1) is 5.75. The predicted molar refractivity (Wildman–Crippen MR) is 39.2 cm³/mol. The van der Waals surface area contributed by atoms with Gasteiger partial charge in [0.1, 0.15) is 6.04 Å². The van der Waals surface area contributed by atoms with Crippen molar-refractivity contribution >= 4 is 5.91 Å². The van der Waals surface area contributed by atoms with E-state index in [1.54, 1.807) is 11.9 Å². The zero-order chi connectivity index (χ0) is 8.72. The monoisotopic (exact) mass is 168 g/mol. The highest BCUT2D eigenvalue weighted by molar-refractivity contribution is 5.86. The second-order valence-corrected chi connectivity index (χ2v) is 2.96. The lowest BCUT2D eigenvalue weighted by atomic mass is 10.1. The molecule has 2 aliphatic rings. The summed E-state index contributed by atoms with van der Waals surface area (Å²) in [7, 11) is 1.70. The van der Waals surface area contributed by atoms with E-state index in [2.05, 4.69) is 10.0 Å². The van der Waals surface area contributed by atoms with Crippen LogP contribution in [0, 0.1) is 0 Å². The summed E-state index contributed by atoms with van der Waals surface area (Å²) in [5.41, 5.74) is 8.19. The fourth-order valence-corrected chi connectivity index (χ4v) is 1.61. The minimum absolute atomic E-state index is 0.119. The van der Waals surface area contributed by atoms with Gasteiger partial charge in [0.25, 0.3) is 0 Å². The van der Waals surface area contributed by atoms with Crippen LogP contribution in [0.1, 0.15) is 0 Å². The average molecular weight is 168 g/mol. The molecule has 0 aromatic rings. The van der Waals surface area contributed by atoms with Crippen LogP contribution in [0.4, 0.5) is 0 Å². The van der Waals surface area contributed by atoms with Crippen LogP contribution in [0.2, 0.25) is 0 Å². The lowest BCUT2D eigenvalue weighted by Crippen LogP contribution is -2.49. The number of ether oxygens (including phenoxy) is 1. The maximum Gasteiger partial charge on any atom is 0.234 e. The molecule has 2 aliphatic heterocycles. The van der Waals surface area contributed by atoms with Crippen LogP contribution < -0.4 is 0 Å². The van der Waals surface area contributed by atoms with Gasteiger partial charge in [-0.25, -0.2) is 0 Å². The van der Waals surface area contributed by atoms with Gasteiger partial charge in [0.05, 0.1) is 18.8 Å². The first-order valence-corrected chi connectivity index (χ1v) is 3.68. The van der Waals surface area contributed by atoms with Gasteiger partial charge in [0.15, 0.2) is 0 Å². The molecule has 0 spiro atoms. The van der Waals surface area contributed by atoms with Gasteiger partial charge in [-0.05, 0) is 5.53 Å². The van der Waals surface area contributed by atoms with E-state index < -0.39 is 6.04 Å². The quantitative estimate of drug-likeness (QED) is 0.311. The van der Waals surface area contributed by atoms with E-state index in [0.29, 0.717) is 6.61 Å². The molecule has 2 unspecified atom stereocenters. The summed E-state index contributed by atoms with van der Waals surface area (Å²) in [5, 5.41) is 3.40. The molecule has 2 heterocycles. The molecule has 0 aliphatic carbocycles. The molecular weight excluding hydrogens is 160 g/mol. The highest BCUT2D eigenvalue weighted by Crippen LogP contribution is 2.31. The van der Waals surface area contributed by atoms with Crippen molar-refractivity contribution in [3.05, 3.63) is 10.4 Å². The Morgan fingerprint density at radius 3 is 3.00 bits per heavy atom. The van der Waals surface area contributed by atoms with Crippen molar-refractivity contribution in [3.8, 4) is 0 Å². The maximum atomic E-state index is 11.3. The molecule has 64 valence electrons. The zero-order valence-electron chi connectivity index (χ0n) is 6.54. The normalized spacial score (nSPS) is 38.6. The van der Waals surface area contributed by atoms with E-state index in [-0.39, 0.29) is 18.1 Å². The van der Waals surface area contributed by atoms with Crippen LogP contribution in [0.5, 0.6) is 0 Å². The maximum absolute atomic E-state index is 11.3. The van der Waals surface area contributed by atoms with Gasteiger partial charge in [-0.15, -0.1) is 0 Å². The van der Waals surface area contributed by atoms with Gasteiger partial charge >= 0.3 is 0 Å². The second kappa shape index (κ2) is 2.36. The van der Waals surface area contributed by atoms with Gasteiger partial charge < -0.3 is 9.64 Å². The third-order valence-corrected chi connectivity index (χ3v) is 2.42. The molecule has 2 saturated heterocycles. The second-order valence-electron chi connectivity index (χ2n) is 2.96. The average Bonchev–Trinajstić information content (AvgIpc) is 2.12. The summed E-state index contributed by atoms with van der Waals surface area (Å²) >= 11 is 0. The van der Waals surface area contributed by atoms with Gasteiger partial charge in [-0.2, -0.15) is 0 Å². The van der Waals surface area contributed by atoms with E-state index in [1.807, 2.05) is 0 Å². The van der Waals surface area contributed by atoms with Crippen molar-refractivity contribution in [3.63, 3.8) is 0 Å². The third kappa shape index (κ3) is 0.732. The molecule has 0 aromatic heterocycles. The van der Waals surface area contributed by atoms with E-state index in [1.165, 1.54) is 0 Å². The van der Waals surface area contributed by atoms with Crippen molar-refractivity contribution in [1.82, 2.24) is 4.90 Å². The minimum Gasteiger partial charge on any atom is -0.373 e. The molecule has 0 bridgehead atoms. The first-order valence-electron chi connectivity index (χ1n) is 3.68. The summed E-state index contributed by atoms with van der Waals surface area (Å²) in [6, 6.07) is -0.522. The fraction of sp³-hybridized carbons (Fsp3) is 0.833. The Morgan fingerprint density at radius 2 is 2.58 bits per heavy atom. The number of azide groups is 1. The molecule has 2 fully saturated rings. The first kappa shape index (κ1) is 7.39. The van der Waals surface area contributed by atoms with Crippen LogP contribution in [0.25, 0.3) is 10.4 Å². The van der Waals surface area contributed by atoms with Crippen LogP contribution in [-0.2, 0) is 9.53 Å². The van der Waals surface area contributed by atoms with E-state index in [0.717, 1.165) is 0 Å². The Kier molecular flexibility index (Phi) is 1.46. The molecule has 0 radical (unpaired) electrons. The Bertz CT molecular complexity index is 273. The van der Waals surface area contributed by atoms with Crippen molar-refractivity contribution in [1.29, 1.82) is 0 Å². The molecule has 12 heavy (non-hydrogen) atoms. The Hall–Kier alpha value is -1.26. The highest BCUT2D eigenvalue weighted by Gasteiger charge is 2.52. The lowest BCUT2D eigenvalue weighted by molar-refractivity contribution is -0.129. The molecule has 3 atom stereocenters. The predicted octanol–water partition coefficient (Wildman–Crippen LogP) is -0.0953. The van der Waals surface area contributed by atoms with Gasteiger partial charge in [-0.3, -0.25) is 4.79 Å². The van der Waals surface area contributed by atoms with Crippen molar-refractivity contribution < 1.29 is 9.53 Å².